The first-order valence-corrected chi connectivity index (χ1v) is 12.2. The van der Waals surface area contributed by atoms with Crippen LogP contribution in [0.25, 0.3) is 0 Å². The maximum atomic E-state index is 9.76. The average molecular weight is 456 g/mol. The minimum absolute atomic E-state index is 0.183. The first-order valence-electron chi connectivity index (χ1n) is 10.4. The number of nitrogens with two attached hydrogens (primary N) is 1. The molecule has 0 spiro atoms. The van der Waals surface area contributed by atoms with Gasteiger partial charge in [-0.15, -0.1) is 11.8 Å². The highest BCUT2D eigenvalue weighted by atomic mass is 32.2. The number of nitrogen functional groups attached to an aromatic ring is 1. The highest BCUT2D eigenvalue weighted by Gasteiger charge is 2.27. The van der Waals surface area contributed by atoms with E-state index in [2.05, 4.69) is 19.1 Å². The van der Waals surface area contributed by atoms with Gasteiger partial charge in [-0.05, 0) is 24.3 Å². The molecule has 0 saturated carbocycles. The smallest absolute Gasteiger partial charge is 0.153 e. The number of methoxy groups -OCH3 is 2. The van der Waals surface area contributed by atoms with Crippen molar-refractivity contribution >= 4 is 29.2 Å². The third-order valence-corrected chi connectivity index (χ3v) is 7.32. The molecule has 2 rings (SSSR count). The number of unbranched alkanes of at least 4 members (excludes halogenated alkanes) is 5. The maximum Gasteiger partial charge on any atom is 0.153 e. The van der Waals surface area contributed by atoms with Gasteiger partial charge in [0.15, 0.2) is 11.5 Å². The van der Waals surface area contributed by atoms with Crippen molar-refractivity contribution in [1.82, 2.24) is 0 Å². The molecule has 7 heteroatoms. The molecule has 0 atom stereocenters. The molecule has 0 saturated heterocycles. The Kier molecular flexibility index (Phi) is 10.4. The van der Waals surface area contributed by atoms with Crippen molar-refractivity contribution in [2.75, 3.05) is 25.7 Å². The molecule has 2 aromatic carbocycles. The largest absolute Gasteiger partial charge is 0.494 e. The molecular formula is C24H29N3O2S2. The molecule has 0 bridgehead atoms. The number of para-hydroxylation sites is 1. The summed E-state index contributed by atoms with van der Waals surface area (Å²) in [5.74, 6) is 1.70. The molecular weight excluding hydrogens is 426 g/mol. The van der Waals surface area contributed by atoms with E-state index >= 15 is 0 Å². The summed E-state index contributed by atoms with van der Waals surface area (Å²) in [6, 6.07) is 11.8. The fourth-order valence-electron chi connectivity index (χ4n) is 3.23. The van der Waals surface area contributed by atoms with Gasteiger partial charge in [0.05, 0.1) is 24.0 Å². The number of rotatable bonds is 12. The zero-order chi connectivity index (χ0) is 22.6. The van der Waals surface area contributed by atoms with E-state index in [-0.39, 0.29) is 11.1 Å². The van der Waals surface area contributed by atoms with Crippen LogP contribution < -0.4 is 15.2 Å². The molecule has 0 amide bonds. The van der Waals surface area contributed by atoms with Gasteiger partial charge in [-0.25, -0.2) is 0 Å². The fraction of sp³-hybridized carbons (Fsp3) is 0.417. The Hall–Kier alpha value is -2.48. The normalized spacial score (nSPS) is 10.4. The summed E-state index contributed by atoms with van der Waals surface area (Å²) in [5, 5.41) is 19.5. The highest BCUT2D eigenvalue weighted by molar-refractivity contribution is 8.02. The lowest BCUT2D eigenvalue weighted by Gasteiger charge is -2.20. The molecule has 0 unspecified atom stereocenters. The second kappa shape index (κ2) is 13.0. The summed E-state index contributed by atoms with van der Waals surface area (Å²) in [4.78, 5) is 2.43. The quantitative estimate of drug-likeness (QED) is 0.218. The minimum Gasteiger partial charge on any atom is -0.494 e. The standard InChI is InChI=1S/C24H29N3O2S2/c1-4-5-6-7-8-11-14-30-23-21(28-2)17(15-25)18(16-26)22(29-3)24(23)31-20-13-10-9-12-19(20)27/h9-10,12-13H,4-8,11,14,27H2,1-3H3. The number of anilines is 1. The van der Waals surface area contributed by atoms with Crippen LogP contribution in [0.1, 0.15) is 56.6 Å². The number of nitrogens with zero attached hydrogens (tertiary/aromatic N) is 2. The third kappa shape index (κ3) is 6.26. The van der Waals surface area contributed by atoms with Gasteiger partial charge in [-0.3, -0.25) is 0 Å². The van der Waals surface area contributed by atoms with E-state index < -0.39 is 0 Å². The molecule has 2 aromatic rings. The van der Waals surface area contributed by atoms with Gasteiger partial charge in [0, 0.05) is 10.6 Å². The van der Waals surface area contributed by atoms with Crippen molar-refractivity contribution in [3.8, 4) is 23.6 Å². The van der Waals surface area contributed by atoms with Gasteiger partial charge < -0.3 is 15.2 Å². The summed E-state index contributed by atoms with van der Waals surface area (Å²) >= 11 is 3.07. The number of hydrogen-bond acceptors (Lipinski definition) is 7. The maximum absolute atomic E-state index is 9.76. The second-order valence-corrected chi connectivity index (χ2v) is 9.11. The van der Waals surface area contributed by atoms with Crippen molar-refractivity contribution in [3.05, 3.63) is 35.4 Å². The van der Waals surface area contributed by atoms with Crippen LogP contribution in [0.15, 0.2) is 39.0 Å². The Morgan fingerprint density at radius 3 is 2.03 bits per heavy atom. The topological polar surface area (TPSA) is 92.1 Å². The molecule has 164 valence electrons. The summed E-state index contributed by atoms with van der Waals surface area (Å²) < 4.78 is 11.3. The van der Waals surface area contributed by atoms with Crippen LogP contribution in [0.5, 0.6) is 11.5 Å². The van der Waals surface area contributed by atoms with E-state index in [0.29, 0.717) is 17.2 Å². The van der Waals surface area contributed by atoms with Crippen LogP contribution >= 0.6 is 23.5 Å². The van der Waals surface area contributed by atoms with E-state index in [1.54, 1.807) is 11.8 Å². The van der Waals surface area contributed by atoms with E-state index in [1.807, 2.05) is 24.3 Å². The zero-order valence-electron chi connectivity index (χ0n) is 18.4. The van der Waals surface area contributed by atoms with Crippen molar-refractivity contribution in [1.29, 1.82) is 10.5 Å². The predicted octanol–water partition coefficient (Wildman–Crippen LogP) is 6.63. The molecule has 31 heavy (non-hydrogen) atoms. The van der Waals surface area contributed by atoms with E-state index in [1.165, 1.54) is 58.1 Å². The predicted molar refractivity (Wildman–Crippen MR) is 128 cm³/mol. The Labute approximate surface area is 193 Å². The van der Waals surface area contributed by atoms with Gasteiger partial charge in [-0.2, -0.15) is 10.5 Å². The van der Waals surface area contributed by atoms with Gasteiger partial charge in [-0.1, -0.05) is 62.9 Å². The summed E-state index contributed by atoms with van der Waals surface area (Å²) in [6.07, 6.45) is 7.24. The third-order valence-electron chi connectivity index (χ3n) is 4.83. The molecule has 0 aliphatic carbocycles. The molecule has 0 aromatic heterocycles. The molecule has 0 fully saturated rings. The van der Waals surface area contributed by atoms with Crippen LogP contribution in [0.4, 0.5) is 5.69 Å². The molecule has 0 aliphatic heterocycles. The number of hydrogen-bond donors (Lipinski definition) is 1. The first kappa shape index (κ1) is 24.8. The number of thioether (sulfide) groups is 1. The van der Waals surface area contributed by atoms with Crippen molar-refractivity contribution in [3.63, 3.8) is 0 Å². The van der Waals surface area contributed by atoms with Crippen LogP contribution in [0.2, 0.25) is 0 Å². The Balaban J connectivity index is 2.45. The van der Waals surface area contributed by atoms with E-state index in [9.17, 15) is 10.5 Å². The molecule has 2 N–H and O–H groups in total. The Morgan fingerprint density at radius 2 is 1.45 bits per heavy atom. The van der Waals surface area contributed by atoms with Crippen molar-refractivity contribution < 1.29 is 9.47 Å². The van der Waals surface area contributed by atoms with E-state index in [0.717, 1.165) is 26.9 Å². The van der Waals surface area contributed by atoms with Crippen molar-refractivity contribution in [2.45, 2.75) is 60.1 Å². The Bertz CT molecular complexity index is 965. The van der Waals surface area contributed by atoms with Gasteiger partial charge in [0.1, 0.15) is 23.3 Å². The highest BCUT2D eigenvalue weighted by Crippen LogP contribution is 2.51. The number of ether oxygens (including phenoxy) is 2. The monoisotopic (exact) mass is 455 g/mol. The SMILES string of the molecule is CCCCCCCCSc1c(OC)c(C#N)c(C#N)c(OC)c1Sc1ccccc1N. The molecule has 0 heterocycles. The lowest BCUT2D eigenvalue weighted by molar-refractivity contribution is 0.381. The summed E-state index contributed by atoms with van der Waals surface area (Å²) in [6.45, 7) is 2.21. The second-order valence-electron chi connectivity index (χ2n) is 6.95. The number of nitriles is 2. The zero-order valence-corrected chi connectivity index (χ0v) is 20.0. The van der Waals surface area contributed by atoms with Crippen LogP contribution in [0, 0.1) is 22.7 Å². The average Bonchev–Trinajstić information content (AvgIpc) is 2.79. The molecule has 0 radical (unpaired) electrons. The van der Waals surface area contributed by atoms with Gasteiger partial charge in [0.25, 0.3) is 0 Å². The summed E-state index contributed by atoms with van der Waals surface area (Å²) in [7, 11) is 3.05. The van der Waals surface area contributed by atoms with Crippen LogP contribution in [-0.4, -0.2) is 20.0 Å². The Morgan fingerprint density at radius 1 is 0.871 bits per heavy atom. The van der Waals surface area contributed by atoms with Crippen LogP contribution in [0.3, 0.4) is 0 Å². The van der Waals surface area contributed by atoms with Crippen molar-refractivity contribution in [2.24, 2.45) is 0 Å². The fourth-order valence-corrected chi connectivity index (χ4v) is 5.64. The minimum atomic E-state index is 0.183. The first-order chi connectivity index (χ1) is 15.1. The van der Waals surface area contributed by atoms with Gasteiger partial charge >= 0.3 is 0 Å². The van der Waals surface area contributed by atoms with E-state index in [4.69, 9.17) is 15.2 Å². The summed E-state index contributed by atoms with van der Waals surface area (Å²) in [5.41, 5.74) is 7.20. The lowest BCUT2D eigenvalue weighted by Crippen LogP contribution is -2.02. The van der Waals surface area contributed by atoms with Crippen LogP contribution in [-0.2, 0) is 0 Å². The number of benzene rings is 2. The molecule has 0 aliphatic rings. The lowest BCUT2D eigenvalue weighted by atomic mass is 10.1. The molecule has 5 nitrogen and oxygen atoms in total. The van der Waals surface area contributed by atoms with Gasteiger partial charge in [0.2, 0.25) is 0 Å².